The van der Waals surface area contributed by atoms with Crippen molar-refractivity contribution >= 4 is 11.9 Å². The highest BCUT2D eigenvalue weighted by Crippen LogP contribution is 2.55. The number of nitrogens with zero attached hydrogens (tertiary/aromatic N) is 3. The molecule has 22 heavy (non-hydrogen) atoms. The summed E-state index contributed by atoms with van der Waals surface area (Å²) in [6, 6.07) is 0. The van der Waals surface area contributed by atoms with E-state index in [2.05, 4.69) is 17.0 Å². The van der Waals surface area contributed by atoms with Crippen LogP contribution in [0.4, 0.5) is 4.79 Å². The van der Waals surface area contributed by atoms with E-state index in [0.717, 1.165) is 31.9 Å². The zero-order chi connectivity index (χ0) is 15.7. The topological polar surface area (TPSA) is 54.4 Å². The molecule has 0 spiro atoms. The van der Waals surface area contributed by atoms with Crippen molar-refractivity contribution in [2.75, 3.05) is 19.6 Å². The van der Waals surface area contributed by atoms with E-state index in [1.165, 1.54) is 6.42 Å². The number of piperidine rings is 1. The largest absolute Gasteiger partial charge is 0.444 e. The van der Waals surface area contributed by atoms with Crippen LogP contribution in [0.15, 0.2) is 5.16 Å². The van der Waals surface area contributed by atoms with Crippen LogP contribution in [-0.2, 0) is 9.57 Å². The summed E-state index contributed by atoms with van der Waals surface area (Å²) in [7, 11) is 0. The summed E-state index contributed by atoms with van der Waals surface area (Å²) in [4.78, 5) is 22.0. The number of fused-ring (bicyclic) bond motifs is 2. The van der Waals surface area contributed by atoms with Gasteiger partial charge in [0.05, 0.1) is 0 Å². The summed E-state index contributed by atoms with van der Waals surface area (Å²) in [6.07, 6.45) is 2.03. The molecule has 1 amide bonds. The van der Waals surface area contributed by atoms with E-state index in [1.54, 1.807) is 0 Å². The number of amidine groups is 1. The minimum absolute atomic E-state index is 0.186. The number of oxime groups is 1. The van der Waals surface area contributed by atoms with Crippen molar-refractivity contribution < 1.29 is 14.4 Å². The van der Waals surface area contributed by atoms with Crippen molar-refractivity contribution in [3.05, 3.63) is 0 Å². The second-order valence-electron chi connectivity index (χ2n) is 8.21. The minimum atomic E-state index is -0.427. The maximum absolute atomic E-state index is 12.1. The Morgan fingerprint density at radius 3 is 2.68 bits per heavy atom. The van der Waals surface area contributed by atoms with Crippen molar-refractivity contribution in [3.63, 3.8) is 0 Å². The molecule has 122 valence electrons. The summed E-state index contributed by atoms with van der Waals surface area (Å²) in [5, 5.41) is 4.37. The van der Waals surface area contributed by atoms with Gasteiger partial charge in [0.1, 0.15) is 5.60 Å². The van der Waals surface area contributed by atoms with E-state index >= 15 is 0 Å². The lowest BCUT2D eigenvalue weighted by Crippen LogP contribution is -2.43. The fourth-order valence-corrected chi connectivity index (χ4v) is 4.21. The van der Waals surface area contributed by atoms with Crippen LogP contribution in [0, 0.1) is 17.8 Å². The Labute approximate surface area is 131 Å². The highest BCUT2D eigenvalue weighted by atomic mass is 16.7. The molecule has 0 aromatic heterocycles. The van der Waals surface area contributed by atoms with Crippen molar-refractivity contribution in [2.45, 2.75) is 51.9 Å². The Morgan fingerprint density at radius 2 is 2.05 bits per heavy atom. The summed E-state index contributed by atoms with van der Waals surface area (Å²) >= 11 is 0. The molecule has 0 aromatic carbocycles. The van der Waals surface area contributed by atoms with Gasteiger partial charge < -0.3 is 19.4 Å². The maximum Gasteiger partial charge on any atom is 0.410 e. The number of likely N-dealkylation sites (tertiary alicyclic amines) is 1. The number of rotatable bonds is 1. The Kier molecular flexibility index (Phi) is 2.76. The summed E-state index contributed by atoms with van der Waals surface area (Å²) in [5.41, 5.74) is -0.638. The third-order valence-corrected chi connectivity index (χ3v) is 5.35. The lowest BCUT2D eigenvalue weighted by atomic mass is 10.1. The number of ether oxygens (including phenoxy) is 1. The molecule has 4 aliphatic rings. The quantitative estimate of drug-likeness (QED) is 0.745. The van der Waals surface area contributed by atoms with Gasteiger partial charge in [-0.05, 0) is 46.0 Å². The lowest BCUT2D eigenvalue weighted by Gasteiger charge is -2.28. The van der Waals surface area contributed by atoms with E-state index in [-0.39, 0.29) is 11.8 Å². The first kappa shape index (κ1) is 14.2. The van der Waals surface area contributed by atoms with E-state index in [0.29, 0.717) is 17.8 Å². The summed E-state index contributed by atoms with van der Waals surface area (Å²) in [6.45, 7) is 10.5. The molecule has 3 atom stereocenters. The first-order valence-electron chi connectivity index (χ1n) is 8.30. The van der Waals surface area contributed by atoms with Gasteiger partial charge in [-0.1, -0.05) is 5.16 Å². The van der Waals surface area contributed by atoms with Gasteiger partial charge in [0.25, 0.3) is 0 Å². The molecule has 0 radical (unpaired) electrons. The second kappa shape index (κ2) is 4.30. The average Bonchev–Trinajstić information content (AvgIpc) is 2.79. The van der Waals surface area contributed by atoms with E-state index < -0.39 is 5.60 Å². The number of hydrogen-bond donors (Lipinski definition) is 0. The molecule has 3 unspecified atom stereocenters. The van der Waals surface area contributed by atoms with Crippen LogP contribution in [-0.4, -0.2) is 52.7 Å². The fourth-order valence-electron chi connectivity index (χ4n) is 4.21. The minimum Gasteiger partial charge on any atom is -0.444 e. The monoisotopic (exact) mass is 307 g/mol. The highest BCUT2D eigenvalue weighted by Gasteiger charge is 2.63. The van der Waals surface area contributed by atoms with Crippen LogP contribution in [0.5, 0.6) is 0 Å². The third kappa shape index (κ3) is 2.07. The Balaban J connectivity index is 1.37. The molecule has 4 rings (SSSR count). The van der Waals surface area contributed by atoms with Gasteiger partial charge in [0, 0.05) is 32.0 Å². The Bertz CT molecular complexity index is 529. The number of carbonyl (C=O) groups excluding carboxylic acids is 1. The van der Waals surface area contributed by atoms with Crippen molar-refractivity contribution in [2.24, 2.45) is 22.9 Å². The normalized spacial score (nSPS) is 39.3. The Hall–Kier alpha value is -1.46. The summed E-state index contributed by atoms with van der Waals surface area (Å²) in [5.74, 6) is 2.65. The van der Waals surface area contributed by atoms with Crippen LogP contribution in [0.2, 0.25) is 0 Å². The molecule has 3 fully saturated rings. The molecule has 3 heterocycles. The van der Waals surface area contributed by atoms with E-state index in [4.69, 9.17) is 9.57 Å². The first-order chi connectivity index (χ1) is 10.3. The van der Waals surface area contributed by atoms with Gasteiger partial charge in [-0.25, -0.2) is 4.79 Å². The zero-order valence-electron chi connectivity index (χ0n) is 13.8. The number of carbonyl (C=O) groups is 1. The molecule has 6 nitrogen and oxygen atoms in total. The third-order valence-electron chi connectivity index (χ3n) is 5.35. The summed E-state index contributed by atoms with van der Waals surface area (Å²) < 4.78 is 5.46. The first-order valence-corrected chi connectivity index (χ1v) is 8.30. The van der Waals surface area contributed by atoms with Gasteiger partial charge >= 0.3 is 6.09 Å². The molecule has 3 aliphatic heterocycles. The molecule has 2 saturated heterocycles. The predicted molar refractivity (Wildman–Crippen MR) is 81.1 cm³/mol. The molecule has 1 saturated carbocycles. The van der Waals surface area contributed by atoms with Gasteiger partial charge in [-0.2, -0.15) is 0 Å². The molecule has 0 bridgehead atoms. The molecule has 0 N–H and O–H groups in total. The van der Waals surface area contributed by atoms with Gasteiger partial charge in [0.15, 0.2) is 5.84 Å². The van der Waals surface area contributed by atoms with Gasteiger partial charge in [-0.15, -0.1) is 0 Å². The lowest BCUT2D eigenvalue weighted by molar-refractivity contribution is -0.0627. The average molecular weight is 307 g/mol. The maximum atomic E-state index is 12.1. The molecule has 6 heteroatoms. The van der Waals surface area contributed by atoms with Crippen molar-refractivity contribution in [1.82, 2.24) is 9.80 Å². The van der Waals surface area contributed by atoms with E-state index in [1.807, 2.05) is 25.7 Å². The smallest absolute Gasteiger partial charge is 0.410 e. The van der Waals surface area contributed by atoms with Crippen LogP contribution < -0.4 is 0 Å². The van der Waals surface area contributed by atoms with Gasteiger partial charge in [-0.3, -0.25) is 0 Å². The van der Waals surface area contributed by atoms with Crippen LogP contribution in [0.3, 0.4) is 0 Å². The fraction of sp³-hybridized carbons (Fsp3) is 0.875. The van der Waals surface area contributed by atoms with Gasteiger partial charge in [0.2, 0.25) is 5.72 Å². The van der Waals surface area contributed by atoms with Crippen LogP contribution in [0.25, 0.3) is 0 Å². The molecule has 1 aliphatic carbocycles. The standard InChI is InChI=1S/C16H25N3O3/c1-15(2,3)21-14(20)18-8-10-11(9-18)12(10)13-17-22-16(4)6-5-7-19(13)16/h10-12H,5-9H2,1-4H3. The molecule has 0 aromatic rings. The van der Waals surface area contributed by atoms with Crippen LogP contribution in [0.1, 0.15) is 40.5 Å². The second-order valence-corrected chi connectivity index (χ2v) is 8.21. The SMILES string of the molecule is CC(C)(C)OC(=O)N1CC2C(C1)C2C1=NOC2(C)CCCN12. The predicted octanol–water partition coefficient (Wildman–Crippen LogP) is 2.25. The zero-order valence-corrected chi connectivity index (χ0v) is 13.8. The molecular formula is C16H25N3O3. The highest BCUT2D eigenvalue weighted by molar-refractivity contribution is 5.89. The molecular weight excluding hydrogens is 282 g/mol. The van der Waals surface area contributed by atoms with Crippen molar-refractivity contribution in [3.8, 4) is 0 Å². The van der Waals surface area contributed by atoms with Crippen LogP contribution >= 0.6 is 0 Å². The number of hydrogen-bond acceptors (Lipinski definition) is 5. The van der Waals surface area contributed by atoms with E-state index in [9.17, 15) is 4.79 Å². The number of amides is 1. The Morgan fingerprint density at radius 1 is 1.36 bits per heavy atom. The van der Waals surface area contributed by atoms with Crippen molar-refractivity contribution in [1.29, 1.82) is 0 Å².